The van der Waals surface area contributed by atoms with Gasteiger partial charge in [-0.2, -0.15) is 0 Å². The van der Waals surface area contributed by atoms with Gasteiger partial charge >= 0.3 is 5.97 Å². The number of halogens is 2. The minimum absolute atomic E-state index is 0.123. The number of carbonyl (C=O) groups excluding carboxylic acids is 1. The van der Waals surface area contributed by atoms with Crippen LogP contribution in [0, 0.1) is 18.7 Å². The van der Waals surface area contributed by atoms with Gasteiger partial charge in [-0.1, -0.05) is 23.7 Å². The fourth-order valence-corrected chi connectivity index (χ4v) is 3.43. The highest BCUT2D eigenvalue weighted by molar-refractivity contribution is 6.30. The van der Waals surface area contributed by atoms with E-state index >= 15 is 0 Å². The largest absolute Gasteiger partial charge is 0.481 e. The van der Waals surface area contributed by atoms with E-state index in [1.165, 1.54) is 23.1 Å². The predicted octanol–water partition coefficient (Wildman–Crippen LogP) is 3.73. The summed E-state index contributed by atoms with van der Waals surface area (Å²) >= 11 is 5.90. The molecule has 4 nitrogen and oxygen atoms in total. The van der Waals surface area contributed by atoms with Crippen molar-refractivity contribution in [3.63, 3.8) is 0 Å². The Kier molecular flexibility index (Phi) is 4.77. The summed E-state index contributed by atoms with van der Waals surface area (Å²) in [6, 6.07) is 11.0. The summed E-state index contributed by atoms with van der Waals surface area (Å²) in [5.41, 5.74) is 1.76. The molecule has 2 aromatic rings. The molecule has 3 rings (SSSR count). The molecule has 1 aliphatic rings. The molecule has 25 heavy (non-hydrogen) atoms. The summed E-state index contributed by atoms with van der Waals surface area (Å²) in [6.07, 6.45) is 0. The van der Waals surface area contributed by atoms with E-state index in [0.717, 1.165) is 5.56 Å². The highest BCUT2D eigenvalue weighted by atomic mass is 35.5. The van der Waals surface area contributed by atoms with Crippen LogP contribution in [0.15, 0.2) is 42.5 Å². The fraction of sp³-hybridized carbons (Fsp3) is 0.263. The monoisotopic (exact) mass is 361 g/mol. The molecule has 130 valence electrons. The first-order chi connectivity index (χ1) is 11.9. The summed E-state index contributed by atoms with van der Waals surface area (Å²) in [6.45, 7) is 2.09. The van der Waals surface area contributed by atoms with Gasteiger partial charge in [-0.05, 0) is 48.4 Å². The second kappa shape index (κ2) is 6.84. The Morgan fingerprint density at radius 2 is 1.84 bits per heavy atom. The summed E-state index contributed by atoms with van der Waals surface area (Å²) in [4.78, 5) is 25.9. The third-order valence-corrected chi connectivity index (χ3v) is 4.89. The topological polar surface area (TPSA) is 57.6 Å². The normalized spacial score (nSPS) is 19.9. The molecule has 1 aliphatic heterocycles. The van der Waals surface area contributed by atoms with Gasteiger partial charge in [0.05, 0.1) is 5.92 Å². The van der Waals surface area contributed by atoms with E-state index in [4.69, 9.17) is 11.6 Å². The molecule has 0 aliphatic carbocycles. The van der Waals surface area contributed by atoms with Gasteiger partial charge in [-0.25, -0.2) is 4.39 Å². The van der Waals surface area contributed by atoms with Gasteiger partial charge in [0.1, 0.15) is 5.82 Å². The molecule has 1 N–H and O–H groups in total. The molecule has 2 atom stereocenters. The first kappa shape index (κ1) is 17.4. The van der Waals surface area contributed by atoms with Crippen LogP contribution in [0.1, 0.15) is 27.4 Å². The smallest absolute Gasteiger partial charge is 0.308 e. The van der Waals surface area contributed by atoms with Crippen molar-refractivity contribution in [1.29, 1.82) is 0 Å². The van der Waals surface area contributed by atoms with Crippen LogP contribution in [-0.2, 0) is 4.79 Å². The zero-order chi connectivity index (χ0) is 18.1. The average Bonchev–Trinajstić information content (AvgIpc) is 3.00. The summed E-state index contributed by atoms with van der Waals surface area (Å²) in [5.74, 6) is -2.62. The van der Waals surface area contributed by atoms with Crippen LogP contribution >= 0.6 is 11.6 Å². The van der Waals surface area contributed by atoms with Gasteiger partial charge in [0.2, 0.25) is 0 Å². The van der Waals surface area contributed by atoms with Crippen molar-refractivity contribution < 1.29 is 19.1 Å². The Morgan fingerprint density at radius 1 is 1.16 bits per heavy atom. The number of likely N-dealkylation sites (tertiary alicyclic amines) is 1. The van der Waals surface area contributed by atoms with E-state index in [1.54, 1.807) is 31.2 Å². The van der Waals surface area contributed by atoms with Crippen LogP contribution in [0.2, 0.25) is 5.02 Å². The maximum atomic E-state index is 13.3. The first-order valence-corrected chi connectivity index (χ1v) is 8.28. The number of rotatable bonds is 3. The molecule has 0 spiro atoms. The van der Waals surface area contributed by atoms with Crippen molar-refractivity contribution in [3.8, 4) is 0 Å². The van der Waals surface area contributed by atoms with Gasteiger partial charge < -0.3 is 10.0 Å². The molecule has 0 unspecified atom stereocenters. The zero-order valence-corrected chi connectivity index (χ0v) is 14.3. The number of carboxylic acid groups (broad SMARTS) is 1. The summed E-state index contributed by atoms with van der Waals surface area (Å²) in [7, 11) is 0. The lowest BCUT2D eigenvalue weighted by Crippen LogP contribution is -2.30. The van der Waals surface area contributed by atoms with Crippen LogP contribution in [0.5, 0.6) is 0 Å². The molecular weight excluding hydrogens is 345 g/mol. The molecule has 6 heteroatoms. The summed E-state index contributed by atoms with van der Waals surface area (Å²) in [5, 5.41) is 10.1. The van der Waals surface area contributed by atoms with Gasteiger partial charge in [0, 0.05) is 29.6 Å². The van der Waals surface area contributed by atoms with Crippen molar-refractivity contribution in [2.45, 2.75) is 12.8 Å². The van der Waals surface area contributed by atoms with Crippen molar-refractivity contribution >= 4 is 23.5 Å². The molecule has 1 saturated heterocycles. The van der Waals surface area contributed by atoms with Gasteiger partial charge in [0.25, 0.3) is 5.91 Å². The highest BCUT2D eigenvalue weighted by Gasteiger charge is 2.40. The average molecular weight is 362 g/mol. The predicted molar refractivity (Wildman–Crippen MR) is 92.4 cm³/mol. The second-order valence-corrected chi connectivity index (χ2v) is 6.71. The van der Waals surface area contributed by atoms with Gasteiger partial charge in [0.15, 0.2) is 0 Å². The van der Waals surface area contributed by atoms with Crippen LogP contribution < -0.4 is 0 Å². The number of aryl methyl sites for hydroxylation is 1. The van der Waals surface area contributed by atoms with E-state index in [0.29, 0.717) is 22.7 Å². The van der Waals surface area contributed by atoms with Crippen molar-refractivity contribution in [1.82, 2.24) is 4.90 Å². The molecule has 0 bridgehead atoms. The first-order valence-electron chi connectivity index (χ1n) is 7.90. The lowest BCUT2D eigenvalue weighted by molar-refractivity contribution is -0.141. The van der Waals surface area contributed by atoms with E-state index in [-0.39, 0.29) is 18.4 Å². The van der Waals surface area contributed by atoms with Gasteiger partial charge in [-0.3, -0.25) is 9.59 Å². The van der Waals surface area contributed by atoms with Crippen molar-refractivity contribution in [3.05, 3.63) is 70.0 Å². The Bertz CT molecular complexity index is 822. The molecule has 1 amide bonds. The van der Waals surface area contributed by atoms with E-state index < -0.39 is 17.7 Å². The molecule has 2 aromatic carbocycles. The number of hydrogen-bond donors (Lipinski definition) is 1. The quantitative estimate of drug-likeness (QED) is 0.906. The minimum Gasteiger partial charge on any atom is -0.481 e. The molecule has 0 saturated carbocycles. The van der Waals surface area contributed by atoms with Crippen LogP contribution in [0.4, 0.5) is 4.39 Å². The van der Waals surface area contributed by atoms with Crippen molar-refractivity contribution in [2.24, 2.45) is 5.92 Å². The SMILES string of the molecule is Cc1cc(F)ccc1C(=O)N1C[C@@H](C(=O)O)[C@H](c2ccc(Cl)cc2)C1. The second-order valence-electron chi connectivity index (χ2n) is 6.27. The number of nitrogens with zero attached hydrogens (tertiary/aromatic N) is 1. The number of benzene rings is 2. The molecule has 1 heterocycles. The Labute approximate surface area is 149 Å². The Morgan fingerprint density at radius 3 is 2.44 bits per heavy atom. The van der Waals surface area contributed by atoms with Crippen LogP contribution in [-0.4, -0.2) is 35.0 Å². The number of hydrogen-bond acceptors (Lipinski definition) is 2. The van der Waals surface area contributed by atoms with E-state index in [9.17, 15) is 19.1 Å². The fourth-order valence-electron chi connectivity index (χ4n) is 3.30. The number of carbonyl (C=O) groups is 2. The zero-order valence-electron chi connectivity index (χ0n) is 13.6. The third kappa shape index (κ3) is 3.51. The van der Waals surface area contributed by atoms with E-state index in [2.05, 4.69) is 0 Å². The third-order valence-electron chi connectivity index (χ3n) is 4.64. The van der Waals surface area contributed by atoms with Gasteiger partial charge in [-0.15, -0.1) is 0 Å². The number of amides is 1. The lowest BCUT2D eigenvalue weighted by Gasteiger charge is -2.18. The van der Waals surface area contributed by atoms with Crippen molar-refractivity contribution in [2.75, 3.05) is 13.1 Å². The lowest BCUT2D eigenvalue weighted by atomic mass is 9.89. The molecule has 0 aromatic heterocycles. The minimum atomic E-state index is -0.939. The number of carboxylic acids is 1. The molecule has 1 fully saturated rings. The molecule has 0 radical (unpaired) electrons. The standard InChI is InChI=1S/C19H17ClFNO3/c1-11-8-14(21)6-7-15(11)18(23)22-9-16(17(10-22)19(24)25)12-2-4-13(20)5-3-12/h2-8,16-17H,9-10H2,1H3,(H,24,25)/t16-,17+/m0/s1. The Balaban J connectivity index is 1.88. The Hall–Kier alpha value is -2.40. The maximum absolute atomic E-state index is 13.3. The summed E-state index contributed by atoms with van der Waals surface area (Å²) < 4.78 is 13.3. The van der Waals surface area contributed by atoms with Crippen LogP contribution in [0.25, 0.3) is 0 Å². The maximum Gasteiger partial charge on any atom is 0.308 e. The highest BCUT2D eigenvalue weighted by Crippen LogP contribution is 2.34. The van der Waals surface area contributed by atoms with Crippen LogP contribution in [0.3, 0.4) is 0 Å². The molecular formula is C19H17ClFNO3. The number of aliphatic carboxylic acids is 1. The van der Waals surface area contributed by atoms with E-state index in [1.807, 2.05) is 0 Å².